The number of aromatic nitrogens is 1. The first-order valence-electron chi connectivity index (χ1n) is 8.24. The minimum absolute atomic E-state index is 0.177. The molecular formula is C18H17N3O4S3. The van der Waals surface area contributed by atoms with Crippen molar-refractivity contribution in [2.24, 2.45) is 0 Å². The van der Waals surface area contributed by atoms with Crippen LogP contribution in [0.25, 0.3) is 0 Å². The van der Waals surface area contributed by atoms with E-state index in [1.165, 1.54) is 17.4 Å². The second-order valence-electron chi connectivity index (χ2n) is 5.73. The smallest absolute Gasteiger partial charge is 0.309 e. The van der Waals surface area contributed by atoms with E-state index < -0.39 is 26.9 Å². The van der Waals surface area contributed by atoms with E-state index in [-0.39, 0.29) is 17.3 Å². The zero-order valence-corrected chi connectivity index (χ0v) is 17.0. The highest BCUT2D eigenvalue weighted by Gasteiger charge is 2.31. The molecule has 0 bridgehead atoms. The van der Waals surface area contributed by atoms with Gasteiger partial charge in [0.25, 0.3) is 0 Å². The molecule has 0 aliphatic carbocycles. The van der Waals surface area contributed by atoms with E-state index >= 15 is 0 Å². The fraction of sp³-hybridized carbons (Fsp3) is 0.167. The van der Waals surface area contributed by atoms with Crippen LogP contribution in [0.4, 0.5) is 0 Å². The summed E-state index contributed by atoms with van der Waals surface area (Å²) in [7, 11) is -3.68. The van der Waals surface area contributed by atoms with Crippen LogP contribution in [0.15, 0.2) is 63.8 Å². The third-order valence-electron chi connectivity index (χ3n) is 3.87. The fourth-order valence-electron chi connectivity index (χ4n) is 2.43. The highest BCUT2D eigenvalue weighted by molar-refractivity contribution is 7.93. The highest BCUT2D eigenvalue weighted by Crippen LogP contribution is 2.33. The lowest BCUT2D eigenvalue weighted by atomic mass is 10.3. The van der Waals surface area contributed by atoms with E-state index in [0.29, 0.717) is 4.88 Å². The summed E-state index contributed by atoms with van der Waals surface area (Å²) in [5, 5.41) is 7.45. The molecule has 146 valence electrons. The van der Waals surface area contributed by atoms with E-state index in [1.807, 2.05) is 0 Å². The second kappa shape index (κ2) is 9.09. The average Bonchev–Trinajstić information content (AvgIpc) is 3.41. The number of carbonyl (C=O) groups is 2. The van der Waals surface area contributed by atoms with Crippen molar-refractivity contribution in [1.82, 2.24) is 15.6 Å². The first-order chi connectivity index (χ1) is 13.5. The summed E-state index contributed by atoms with van der Waals surface area (Å²) in [4.78, 5) is 28.6. The Morgan fingerprint density at radius 2 is 1.64 bits per heavy atom. The van der Waals surface area contributed by atoms with Gasteiger partial charge in [-0.3, -0.25) is 14.6 Å². The van der Waals surface area contributed by atoms with Crippen molar-refractivity contribution >= 4 is 44.3 Å². The molecule has 3 aromatic heterocycles. The van der Waals surface area contributed by atoms with Crippen molar-refractivity contribution in [3.63, 3.8) is 0 Å². The standard InChI is InChI=1S/C18H17N3O4S3/c22-17(20-11-13-5-7-19-8-6-13)18(23)21-12-15(14-3-1-9-26-14)28(24,25)16-4-2-10-27-16/h1-10,15H,11-12H2,(H,20,22)(H,21,23). The fourth-order valence-corrected chi connectivity index (χ4v) is 6.42. The van der Waals surface area contributed by atoms with E-state index in [1.54, 1.807) is 53.5 Å². The normalized spacial score (nSPS) is 12.3. The number of pyridine rings is 1. The number of rotatable bonds is 7. The van der Waals surface area contributed by atoms with Crippen molar-refractivity contribution in [1.29, 1.82) is 0 Å². The van der Waals surface area contributed by atoms with Crippen LogP contribution in [0.2, 0.25) is 0 Å². The molecule has 2 amide bonds. The number of nitrogens with one attached hydrogen (secondary N) is 2. The number of sulfone groups is 1. The van der Waals surface area contributed by atoms with E-state index in [4.69, 9.17) is 0 Å². The van der Waals surface area contributed by atoms with Crippen molar-refractivity contribution in [3.8, 4) is 0 Å². The number of thiophene rings is 2. The van der Waals surface area contributed by atoms with Crippen LogP contribution in [0.5, 0.6) is 0 Å². The minimum Gasteiger partial charge on any atom is -0.346 e. The average molecular weight is 436 g/mol. The summed E-state index contributed by atoms with van der Waals surface area (Å²) in [6, 6.07) is 10.1. The molecule has 3 aromatic rings. The van der Waals surface area contributed by atoms with Gasteiger partial charge < -0.3 is 10.6 Å². The van der Waals surface area contributed by atoms with Gasteiger partial charge in [0.15, 0.2) is 9.84 Å². The molecular weight excluding hydrogens is 418 g/mol. The lowest BCUT2D eigenvalue weighted by Gasteiger charge is -2.16. The van der Waals surface area contributed by atoms with Crippen LogP contribution >= 0.6 is 22.7 Å². The molecule has 3 heterocycles. The molecule has 0 aliphatic heterocycles. The molecule has 0 saturated heterocycles. The Hall–Kier alpha value is -2.56. The van der Waals surface area contributed by atoms with Crippen molar-refractivity contribution in [3.05, 3.63) is 70.0 Å². The zero-order chi connectivity index (χ0) is 20.0. The third-order valence-corrected chi connectivity index (χ3v) is 8.52. The van der Waals surface area contributed by atoms with Crippen LogP contribution in [-0.2, 0) is 26.0 Å². The summed E-state index contributed by atoms with van der Waals surface area (Å²) in [6.07, 6.45) is 3.17. The van der Waals surface area contributed by atoms with Crippen molar-refractivity contribution in [2.45, 2.75) is 16.0 Å². The number of nitrogens with zero attached hydrogens (tertiary/aromatic N) is 1. The Morgan fingerprint density at radius 1 is 0.964 bits per heavy atom. The molecule has 1 atom stereocenters. The Balaban J connectivity index is 1.65. The molecule has 0 spiro atoms. The SMILES string of the molecule is O=C(NCc1ccncc1)C(=O)NCC(c1cccs1)S(=O)(=O)c1cccs1. The molecule has 2 N–H and O–H groups in total. The van der Waals surface area contributed by atoms with Gasteiger partial charge in [-0.25, -0.2) is 8.42 Å². The molecule has 0 aliphatic rings. The molecule has 0 radical (unpaired) electrons. The van der Waals surface area contributed by atoms with Crippen LogP contribution in [0.1, 0.15) is 15.7 Å². The summed E-state index contributed by atoms with van der Waals surface area (Å²) >= 11 is 2.41. The molecule has 28 heavy (non-hydrogen) atoms. The minimum atomic E-state index is -3.68. The zero-order valence-electron chi connectivity index (χ0n) is 14.6. The Morgan fingerprint density at radius 3 is 2.29 bits per heavy atom. The van der Waals surface area contributed by atoms with Crippen LogP contribution < -0.4 is 10.6 Å². The monoisotopic (exact) mass is 435 g/mol. The van der Waals surface area contributed by atoms with Crippen LogP contribution in [-0.4, -0.2) is 31.8 Å². The Kier molecular flexibility index (Phi) is 6.55. The van der Waals surface area contributed by atoms with Gasteiger partial charge in [0, 0.05) is 30.4 Å². The molecule has 3 rings (SSSR count). The lowest BCUT2D eigenvalue weighted by molar-refractivity contribution is -0.139. The van der Waals surface area contributed by atoms with Crippen molar-refractivity contribution < 1.29 is 18.0 Å². The summed E-state index contributed by atoms with van der Waals surface area (Å²) < 4.78 is 26.1. The molecule has 0 fully saturated rings. The van der Waals surface area contributed by atoms with Gasteiger partial charge in [0.05, 0.1) is 0 Å². The first-order valence-corrected chi connectivity index (χ1v) is 11.5. The highest BCUT2D eigenvalue weighted by atomic mass is 32.2. The third kappa shape index (κ3) is 4.83. The number of hydrogen-bond donors (Lipinski definition) is 2. The van der Waals surface area contributed by atoms with Gasteiger partial charge in [-0.05, 0) is 40.6 Å². The van der Waals surface area contributed by atoms with Gasteiger partial charge in [-0.2, -0.15) is 0 Å². The largest absolute Gasteiger partial charge is 0.346 e. The first kappa shape index (κ1) is 20.2. The van der Waals surface area contributed by atoms with Crippen molar-refractivity contribution in [2.75, 3.05) is 6.54 Å². The maximum atomic E-state index is 12.9. The molecule has 7 nitrogen and oxygen atoms in total. The predicted octanol–water partition coefficient (Wildman–Crippen LogP) is 2.15. The number of amides is 2. The molecule has 10 heteroatoms. The maximum absolute atomic E-state index is 12.9. The lowest BCUT2D eigenvalue weighted by Crippen LogP contribution is -2.41. The van der Waals surface area contributed by atoms with Gasteiger partial charge >= 0.3 is 11.8 Å². The van der Waals surface area contributed by atoms with Gasteiger partial charge in [0.2, 0.25) is 0 Å². The summed E-state index contributed by atoms with van der Waals surface area (Å²) in [5.74, 6) is -1.70. The Bertz CT molecular complexity index is 1020. The van der Waals surface area contributed by atoms with Gasteiger partial charge in [-0.15, -0.1) is 22.7 Å². The number of hydrogen-bond acceptors (Lipinski definition) is 7. The van der Waals surface area contributed by atoms with E-state index in [0.717, 1.165) is 16.9 Å². The van der Waals surface area contributed by atoms with E-state index in [9.17, 15) is 18.0 Å². The quantitative estimate of drug-likeness (QED) is 0.553. The van der Waals surface area contributed by atoms with Crippen LogP contribution in [0, 0.1) is 0 Å². The van der Waals surface area contributed by atoms with Crippen LogP contribution in [0.3, 0.4) is 0 Å². The van der Waals surface area contributed by atoms with E-state index in [2.05, 4.69) is 15.6 Å². The number of carbonyl (C=O) groups excluding carboxylic acids is 2. The maximum Gasteiger partial charge on any atom is 0.309 e. The predicted molar refractivity (Wildman–Crippen MR) is 108 cm³/mol. The van der Waals surface area contributed by atoms with Gasteiger partial charge in [-0.1, -0.05) is 12.1 Å². The summed E-state index contributed by atoms with van der Waals surface area (Å²) in [5.41, 5.74) is 0.799. The molecule has 1 unspecified atom stereocenters. The topological polar surface area (TPSA) is 105 Å². The second-order valence-corrected chi connectivity index (χ2v) is 10.0. The summed E-state index contributed by atoms with van der Waals surface area (Å²) in [6.45, 7) is -0.0150. The molecule has 0 aromatic carbocycles. The Labute approximate surface area is 170 Å². The molecule has 0 saturated carbocycles. The van der Waals surface area contributed by atoms with Gasteiger partial charge in [0.1, 0.15) is 9.46 Å².